The fourth-order valence-corrected chi connectivity index (χ4v) is 2.29. The van der Waals surface area contributed by atoms with E-state index < -0.39 is 61.2 Å². The van der Waals surface area contributed by atoms with E-state index in [2.05, 4.69) is 0 Å². The summed E-state index contributed by atoms with van der Waals surface area (Å²) in [4.78, 5) is 0. The van der Waals surface area contributed by atoms with Crippen LogP contribution in [0.4, 0.5) is 52.7 Å². The normalized spacial score (nSPS) is 32.9. The van der Waals surface area contributed by atoms with Crippen LogP contribution in [-0.2, 0) is 0 Å². The van der Waals surface area contributed by atoms with Crippen LogP contribution in [0.1, 0.15) is 19.8 Å². The highest BCUT2D eigenvalue weighted by Crippen LogP contribution is 2.67. The lowest BCUT2D eigenvalue weighted by atomic mass is 9.63. The van der Waals surface area contributed by atoms with Gasteiger partial charge in [-0.1, -0.05) is 0 Å². The molecule has 0 bridgehead atoms. The summed E-state index contributed by atoms with van der Waals surface area (Å²) in [5, 5.41) is 0. The van der Waals surface area contributed by atoms with Gasteiger partial charge in [-0.15, -0.1) is 0 Å². The topological polar surface area (TPSA) is 0 Å². The van der Waals surface area contributed by atoms with Gasteiger partial charge in [0.25, 0.3) is 5.92 Å². The van der Waals surface area contributed by atoms with Gasteiger partial charge in [-0.05, 0) is 13.3 Å². The molecule has 0 amide bonds. The molecular formula is C10H8F12. The van der Waals surface area contributed by atoms with E-state index in [4.69, 9.17) is 0 Å². The van der Waals surface area contributed by atoms with Crippen molar-refractivity contribution in [3.05, 3.63) is 0 Å². The van der Waals surface area contributed by atoms with E-state index in [9.17, 15) is 52.7 Å². The standard InChI is InChI=1S/C10H8F12/c1-5(9(17,18)19,10(20,21)22)7(14)3-2-6(12,13)4(11)8(7,15)16/h4H,2-3H2,1H3. The highest BCUT2D eigenvalue weighted by atomic mass is 19.4. The molecule has 2 atom stereocenters. The van der Waals surface area contributed by atoms with Crippen LogP contribution in [0.5, 0.6) is 0 Å². The maximum atomic E-state index is 14.2. The Morgan fingerprint density at radius 3 is 1.45 bits per heavy atom. The molecule has 0 spiro atoms. The first kappa shape index (κ1) is 19.2. The SMILES string of the molecule is CC(C(F)(F)F)(C(F)(F)F)C1(F)CCC(F)(F)C(F)C1(F)F. The Labute approximate surface area is 115 Å². The first-order chi connectivity index (χ1) is 9.36. The molecule has 0 nitrogen and oxygen atoms in total. The van der Waals surface area contributed by atoms with Crippen LogP contribution >= 0.6 is 0 Å². The lowest BCUT2D eigenvalue weighted by Gasteiger charge is -2.51. The van der Waals surface area contributed by atoms with Gasteiger partial charge in [-0.2, -0.15) is 35.1 Å². The summed E-state index contributed by atoms with van der Waals surface area (Å²) in [6, 6.07) is 0. The Morgan fingerprint density at radius 1 is 0.773 bits per heavy atom. The molecular weight excluding hydrogens is 348 g/mol. The van der Waals surface area contributed by atoms with Crippen LogP contribution in [0, 0.1) is 5.41 Å². The van der Waals surface area contributed by atoms with Crippen molar-refractivity contribution in [2.45, 2.75) is 55.8 Å². The fourth-order valence-electron chi connectivity index (χ4n) is 2.29. The van der Waals surface area contributed by atoms with Crippen LogP contribution in [0.15, 0.2) is 0 Å². The van der Waals surface area contributed by atoms with Gasteiger partial charge in [-0.3, -0.25) is 0 Å². The van der Waals surface area contributed by atoms with Gasteiger partial charge in [-0.25, -0.2) is 17.6 Å². The van der Waals surface area contributed by atoms with Crippen molar-refractivity contribution in [1.82, 2.24) is 0 Å². The van der Waals surface area contributed by atoms with Crippen LogP contribution in [0.3, 0.4) is 0 Å². The Hall–Kier alpha value is -0.840. The van der Waals surface area contributed by atoms with Gasteiger partial charge in [0.15, 0.2) is 11.1 Å². The molecule has 1 rings (SSSR count). The quantitative estimate of drug-likeness (QED) is 0.565. The molecule has 132 valence electrons. The first-order valence-electron chi connectivity index (χ1n) is 5.58. The molecule has 0 radical (unpaired) electrons. The summed E-state index contributed by atoms with van der Waals surface area (Å²) in [5.74, 6) is -11.1. The Morgan fingerprint density at radius 2 is 1.14 bits per heavy atom. The number of alkyl halides is 12. The van der Waals surface area contributed by atoms with Gasteiger partial charge in [0, 0.05) is 6.42 Å². The van der Waals surface area contributed by atoms with Gasteiger partial charge < -0.3 is 0 Å². The van der Waals surface area contributed by atoms with Crippen molar-refractivity contribution in [3.8, 4) is 0 Å². The molecule has 1 fully saturated rings. The summed E-state index contributed by atoms with van der Waals surface area (Å²) >= 11 is 0. The average Bonchev–Trinajstić information content (AvgIpc) is 2.29. The van der Waals surface area contributed by atoms with Crippen LogP contribution in [-0.4, -0.2) is 36.0 Å². The third-order valence-electron chi connectivity index (χ3n) is 3.95. The summed E-state index contributed by atoms with van der Waals surface area (Å²) in [6.45, 7) is -0.933. The zero-order chi connectivity index (χ0) is 18.0. The molecule has 0 aromatic rings. The second kappa shape index (κ2) is 4.59. The zero-order valence-corrected chi connectivity index (χ0v) is 10.5. The molecule has 1 aliphatic rings. The Kier molecular flexibility index (Phi) is 4.01. The molecule has 0 heterocycles. The van der Waals surface area contributed by atoms with E-state index in [1.807, 2.05) is 0 Å². The summed E-state index contributed by atoms with van der Waals surface area (Å²) < 4.78 is 156. The van der Waals surface area contributed by atoms with Gasteiger partial charge in [0.1, 0.15) is 0 Å². The molecule has 1 saturated carbocycles. The van der Waals surface area contributed by atoms with E-state index in [-0.39, 0.29) is 0 Å². The predicted molar refractivity (Wildman–Crippen MR) is 48.1 cm³/mol. The number of rotatable bonds is 1. The van der Waals surface area contributed by atoms with Crippen molar-refractivity contribution < 1.29 is 52.7 Å². The summed E-state index contributed by atoms with van der Waals surface area (Å²) in [7, 11) is 0. The molecule has 2 unspecified atom stereocenters. The molecule has 0 aromatic carbocycles. The largest absolute Gasteiger partial charge is 0.406 e. The lowest BCUT2D eigenvalue weighted by molar-refractivity contribution is -0.415. The van der Waals surface area contributed by atoms with Crippen LogP contribution < -0.4 is 0 Å². The predicted octanol–water partition coefficient (Wildman–Crippen LogP) is 5.23. The summed E-state index contributed by atoms with van der Waals surface area (Å²) in [5.41, 5.74) is -11.3. The highest BCUT2D eigenvalue weighted by molar-refractivity contribution is 5.18. The van der Waals surface area contributed by atoms with E-state index in [0.29, 0.717) is 0 Å². The highest BCUT2D eigenvalue weighted by Gasteiger charge is 2.87. The summed E-state index contributed by atoms with van der Waals surface area (Å²) in [6.07, 6.45) is -22.8. The molecule has 0 aromatic heterocycles. The number of hydrogen-bond acceptors (Lipinski definition) is 0. The van der Waals surface area contributed by atoms with Crippen molar-refractivity contribution in [1.29, 1.82) is 0 Å². The van der Waals surface area contributed by atoms with Crippen molar-refractivity contribution in [3.63, 3.8) is 0 Å². The zero-order valence-electron chi connectivity index (χ0n) is 10.5. The molecule has 0 saturated heterocycles. The minimum Gasteiger partial charge on any atom is -0.236 e. The minimum absolute atomic E-state index is 0.933. The fraction of sp³-hybridized carbons (Fsp3) is 1.00. The van der Waals surface area contributed by atoms with Crippen LogP contribution in [0.2, 0.25) is 0 Å². The molecule has 22 heavy (non-hydrogen) atoms. The minimum atomic E-state index is -6.62. The van der Waals surface area contributed by atoms with Crippen LogP contribution in [0.25, 0.3) is 0 Å². The third kappa shape index (κ3) is 2.15. The maximum absolute atomic E-state index is 14.2. The van der Waals surface area contributed by atoms with Crippen molar-refractivity contribution in [2.75, 3.05) is 0 Å². The molecule has 0 aliphatic heterocycles. The first-order valence-corrected chi connectivity index (χ1v) is 5.58. The number of hydrogen-bond donors (Lipinski definition) is 0. The lowest BCUT2D eigenvalue weighted by Crippen LogP contribution is -2.73. The molecule has 1 aliphatic carbocycles. The monoisotopic (exact) mass is 356 g/mol. The average molecular weight is 356 g/mol. The maximum Gasteiger partial charge on any atom is 0.406 e. The van der Waals surface area contributed by atoms with Gasteiger partial charge in [0.2, 0.25) is 6.17 Å². The third-order valence-corrected chi connectivity index (χ3v) is 3.95. The van der Waals surface area contributed by atoms with Crippen molar-refractivity contribution in [2.24, 2.45) is 5.41 Å². The van der Waals surface area contributed by atoms with E-state index in [1.165, 1.54) is 0 Å². The van der Waals surface area contributed by atoms with E-state index in [0.717, 1.165) is 0 Å². The van der Waals surface area contributed by atoms with E-state index in [1.54, 1.807) is 0 Å². The van der Waals surface area contributed by atoms with Crippen molar-refractivity contribution >= 4 is 0 Å². The Balaban J connectivity index is 3.62. The molecule has 0 N–H and O–H groups in total. The smallest absolute Gasteiger partial charge is 0.236 e. The second-order valence-corrected chi connectivity index (χ2v) is 5.17. The molecule has 12 heteroatoms. The number of halogens is 12. The van der Waals surface area contributed by atoms with Gasteiger partial charge in [0.05, 0.1) is 0 Å². The van der Waals surface area contributed by atoms with Gasteiger partial charge >= 0.3 is 18.3 Å². The van der Waals surface area contributed by atoms with E-state index >= 15 is 0 Å². The Bertz CT molecular complexity index is 418. The second-order valence-electron chi connectivity index (χ2n) is 5.17.